The Morgan fingerprint density at radius 1 is 0.837 bits per heavy atom. The maximum atomic E-state index is 13.5. The summed E-state index contributed by atoms with van der Waals surface area (Å²) in [6.07, 6.45) is 3.31. The summed E-state index contributed by atoms with van der Waals surface area (Å²) in [5, 5.41) is 13.1. The zero-order valence-corrected chi connectivity index (χ0v) is 24.4. The van der Waals surface area contributed by atoms with E-state index in [2.05, 4.69) is 17.4 Å². The molecule has 1 saturated carbocycles. The highest BCUT2D eigenvalue weighted by Crippen LogP contribution is 2.38. The van der Waals surface area contributed by atoms with Gasteiger partial charge in [-0.25, -0.2) is 4.79 Å². The van der Waals surface area contributed by atoms with Crippen LogP contribution in [0.1, 0.15) is 54.3 Å². The summed E-state index contributed by atoms with van der Waals surface area (Å²) in [7, 11) is 1.60. The van der Waals surface area contributed by atoms with Gasteiger partial charge in [-0.05, 0) is 71.8 Å². The lowest BCUT2D eigenvalue weighted by molar-refractivity contribution is -0.127. The highest BCUT2D eigenvalue weighted by molar-refractivity contribution is 5.89. The Labute approximate surface area is 253 Å². The summed E-state index contributed by atoms with van der Waals surface area (Å²) in [6, 6.07) is 33.6. The fraction of sp³-hybridized carbons (Fsp3) is 0.278. The number of carbonyl (C=O) groups is 2. The smallest absolute Gasteiger partial charge is 0.420 e. The Morgan fingerprint density at radius 2 is 1.49 bits per heavy atom. The van der Waals surface area contributed by atoms with Crippen molar-refractivity contribution in [2.75, 3.05) is 18.6 Å². The van der Waals surface area contributed by atoms with Gasteiger partial charge < -0.3 is 19.9 Å². The van der Waals surface area contributed by atoms with Crippen molar-refractivity contribution in [2.24, 2.45) is 5.92 Å². The van der Waals surface area contributed by atoms with Gasteiger partial charge in [-0.1, -0.05) is 85.6 Å². The minimum Gasteiger partial charge on any atom is -0.497 e. The number of methoxy groups -OCH3 is 1. The molecule has 0 spiro atoms. The number of nitrogens with zero attached hydrogens (tertiary/aromatic N) is 1. The number of amides is 2. The number of para-hydroxylation sites is 1. The van der Waals surface area contributed by atoms with Gasteiger partial charge in [-0.2, -0.15) is 0 Å². The van der Waals surface area contributed by atoms with E-state index >= 15 is 0 Å². The first-order valence-corrected chi connectivity index (χ1v) is 14.8. The van der Waals surface area contributed by atoms with Crippen LogP contribution < -0.4 is 19.7 Å². The zero-order valence-electron chi connectivity index (χ0n) is 24.4. The van der Waals surface area contributed by atoms with Gasteiger partial charge in [0, 0.05) is 11.6 Å². The molecule has 1 aliphatic rings. The number of carbonyl (C=O) groups excluding carboxylic acids is 2. The van der Waals surface area contributed by atoms with Crippen molar-refractivity contribution in [3.05, 3.63) is 126 Å². The quantitative estimate of drug-likeness (QED) is 0.211. The van der Waals surface area contributed by atoms with Gasteiger partial charge in [0.15, 0.2) is 0 Å². The summed E-state index contributed by atoms with van der Waals surface area (Å²) in [4.78, 5) is 28.4. The first-order chi connectivity index (χ1) is 21.1. The summed E-state index contributed by atoms with van der Waals surface area (Å²) in [6.45, 7) is 0.154. The lowest BCUT2D eigenvalue weighted by Gasteiger charge is -2.32. The minimum atomic E-state index is -0.485. The number of rotatable bonds is 10. The Kier molecular flexibility index (Phi) is 10.1. The summed E-state index contributed by atoms with van der Waals surface area (Å²) in [5.41, 5.74) is 3.62. The highest BCUT2D eigenvalue weighted by Gasteiger charge is 2.33. The normalized spacial score (nSPS) is 17.0. The Hall–Kier alpha value is -4.62. The Balaban J connectivity index is 1.32. The van der Waals surface area contributed by atoms with E-state index in [4.69, 9.17) is 9.47 Å². The number of hydrogen-bond donors (Lipinski definition) is 2. The van der Waals surface area contributed by atoms with Crippen LogP contribution in [0.25, 0.3) is 0 Å². The maximum absolute atomic E-state index is 13.5. The second-order valence-corrected chi connectivity index (χ2v) is 10.9. The summed E-state index contributed by atoms with van der Waals surface area (Å²) >= 11 is 0. The van der Waals surface area contributed by atoms with Crippen molar-refractivity contribution in [3.63, 3.8) is 0 Å². The molecule has 7 nitrogen and oxygen atoms in total. The molecule has 0 heterocycles. The van der Waals surface area contributed by atoms with Gasteiger partial charge in [0.25, 0.3) is 0 Å². The molecule has 4 aromatic rings. The van der Waals surface area contributed by atoms with Crippen molar-refractivity contribution in [2.45, 2.75) is 44.2 Å². The average Bonchev–Trinajstić information content (AvgIpc) is 3.07. The fourth-order valence-corrected chi connectivity index (χ4v) is 5.76. The molecule has 0 aliphatic heterocycles. The number of benzene rings is 4. The van der Waals surface area contributed by atoms with E-state index in [1.165, 1.54) is 0 Å². The predicted octanol–water partition coefficient (Wildman–Crippen LogP) is 7.02. The molecule has 1 aliphatic carbocycles. The molecule has 4 aromatic carbocycles. The van der Waals surface area contributed by atoms with Gasteiger partial charge in [0.05, 0.1) is 26.3 Å². The third-order valence-corrected chi connectivity index (χ3v) is 8.11. The average molecular weight is 579 g/mol. The topological polar surface area (TPSA) is 88.1 Å². The van der Waals surface area contributed by atoms with Gasteiger partial charge in [0.1, 0.15) is 11.5 Å². The molecule has 2 N–H and O–H groups in total. The van der Waals surface area contributed by atoms with E-state index in [1.807, 2.05) is 84.9 Å². The molecule has 0 saturated heterocycles. The third kappa shape index (κ3) is 7.62. The minimum absolute atomic E-state index is 0.0222. The van der Waals surface area contributed by atoms with Crippen LogP contribution in [-0.2, 0) is 11.3 Å². The second kappa shape index (κ2) is 14.5. The molecule has 43 heavy (non-hydrogen) atoms. The first-order valence-electron chi connectivity index (χ1n) is 14.8. The van der Waals surface area contributed by atoms with Crippen LogP contribution >= 0.6 is 0 Å². The van der Waals surface area contributed by atoms with E-state index in [-0.39, 0.29) is 24.3 Å². The van der Waals surface area contributed by atoms with Crippen molar-refractivity contribution in [1.82, 2.24) is 5.32 Å². The van der Waals surface area contributed by atoms with Gasteiger partial charge in [-0.3, -0.25) is 9.69 Å². The van der Waals surface area contributed by atoms with Crippen molar-refractivity contribution in [1.29, 1.82) is 0 Å². The van der Waals surface area contributed by atoms with Crippen LogP contribution in [0.4, 0.5) is 10.5 Å². The molecule has 3 atom stereocenters. The molecule has 222 valence electrons. The SMILES string of the molecule is COc1ccc(N(Cc2ccc([C@@H]3CCCCC3C(=O)NC(CO)c3ccccc3)cc2)C(=O)Oc2ccccc2)cc1. The number of ether oxygens (including phenoxy) is 2. The van der Waals surface area contributed by atoms with Gasteiger partial charge >= 0.3 is 6.09 Å². The molecular weight excluding hydrogens is 540 g/mol. The van der Waals surface area contributed by atoms with Crippen LogP contribution in [-0.4, -0.2) is 30.8 Å². The van der Waals surface area contributed by atoms with Crippen LogP contribution in [0.3, 0.4) is 0 Å². The second-order valence-electron chi connectivity index (χ2n) is 10.9. The van der Waals surface area contributed by atoms with Gasteiger partial charge in [-0.15, -0.1) is 0 Å². The molecule has 0 aromatic heterocycles. The fourth-order valence-electron chi connectivity index (χ4n) is 5.76. The number of anilines is 1. The predicted molar refractivity (Wildman–Crippen MR) is 167 cm³/mol. The molecule has 1 fully saturated rings. The lowest BCUT2D eigenvalue weighted by atomic mass is 9.74. The third-order valence-electron chi connectivity index (χ3n) is 8.11. The molecular formula is C36H38N2O5. The molecule has 2 amide bonds. The Bertz CT molecular complexity index is 1460. The van der Waals surface area contributed by atoms with E-state index in [0.717, 1.165) is 42.4 Å². The van der Waals surface area contributed by atoms with Gasteiger partial charge in [0.2, 0.25) is 5.91 Å². The lowest BCUT2D eigenvalue weighted by Crippen LogP contribution is -2.39. The monoisotopic (exact) mass is 578 g/mol. The van der Waals surface area contributed by atoms with E-state index in [9.17, 15) is 14.7 Å². The zero-order chi connectivity index (χ0) is 30.0. The van der Waals surface area contributed by atoms with E-state index in [1.54, 1.807) is 24.1 Å². The van der Waals surface area contributed by atoms with E-state index in [0.29, 0.717) is 23.7 Å². The van der Waals surface area contributed by atoms with Crippen LogP contribution in [0.5, 0.6) is 11.5 Å². The Morgan fingerprint density at radius 3 is 2.14 bits per heavy atom. The molecule has 7 heteroatoms. The van der Waals surface area contributed by atoms with Crippen LogP contribution in [0.15, 0.2) is 109 Å². The van der Waals surface area contributed by atoms with Crippen LogP contribution in [0.2, 0.25) is 0 Å². The number of aliphatic hydroxyl groups is 1. The highest BCUT2D eigenvalue weighted by atomic mass is 16.6. The van der Waals surface area contributed by atoms with Crippen LogP contribution in [0, 0.1) is 5.92 Å². The molecule has 2 unspecified atom stereocenters. The molecule has 0 bridgehead atoms. The van der Waals surface area contributed by atoms with E-state index < -0.39 is 12.1 Å². The molecule has 5 rings (SSSR count). The standard InChI is InChI=1S/C36H38N2O5/c1-42-30-22-20-29(21-23-30)38(36(41)43-31-12-6-3-7-13-31)24-26-16-18-27(19-17-26)32-14-8-9-15-33(32)35(40)37-34(25-39)28-10-4-2-5-11-28/h2-7,10-13,16-23,32-34,39H,8-9,14-15,24-25H2,1H3,(H,37,40)/t32-,33?,34?/m0/s1. The number of nitrogens with one attached hydrogen (secondary N) is 1. The number of aliphatic hydroxyl groups excluding tert-OH is 1. The maximum Gasteiger partial charge on any atom is 0.420 e. The first kappa shape index (κ1) is 29.9. The summed E-state index contributed by atoms with van der Waals surface area (Å²) < 4.78 is 11.0. The summed E-state index contributed by atoms with van der Waals surface area (Å²) in [5.74, 6) is 1.06. The van der Waals surface area contributed by atoms with Crippen molar-refractivity contribution in [3.8, 4) is 11.5 Å². The number of hydrogen-bond acceptors (Lipinski definition) is 5. The van der Waals surface area contributed by atoms with Crippen molar-refractivity contribution < 1.29 is 24.2 Å². The van der Waals surface area contributed by atoms with Crippen molar-refractivity contribution >= 4 is 17.7 Å². The largest absolute Gasteiger partial charge is 0.497 e. The molecule has 0 radical (unpaired) electrons.